The zero-order chi connectivity index (χ0) is 21.0. The molecule has 0 spiro atoms. The number of hydrogen-bond donors (Lipinski definition) is 0. The fourth-order valence-corrected chi connectivity index (χ4v) is 5.23. The molecule has 0 radical (unpaired) electrons. The Balaban J connectivity index is 1.92. The van der Waals surface area contributed by atoms with Crippen LogP contribution in [0.5, 0.6) is 11.5 Å². The van der Waals surface area contributed by atoms with Crippen LogP contribution in [0, 0.1) is 5.92 Å². The van der Waals surface area contributed by atoms with Crippen molar-refractivity contribution in [3.63, 3.8) is 0 Å². The highest BCUT2D eigenvalue weighted by molar-refractivity contribution is 5.96. The number of rotatable bonds is 4. The lowest BCUT2D eigenvalue weighted by Crippen LogP contribution is -2.46. The van der Waals surface area contributed by atoms with Gasteiger partial charge >= 0.3 is 5.97 Å². The normalized spacial score (nSPS) is 26.1. The lowest BCUT2D eigenvalue weighted by Gasteiger charge is -2.48. The molecule has 1 aliphatic carbocycles. The summed E-state index contributed by atoms with van der Waals surface area (Å²) in [6.45, 7) is 12.4. The third kappa shape index (κ3) is 3.55. The molecule has 2 aliphatic heterocycles. The average molecular weight is 399 g/mol. The SMILES string of the molecule is CCCCCc1cc2c(c3c1C(=O)OC(C)(C)O3)[C@@H]1C=C(C)CC[C@H]1C(C)(C)O2. The van der Waals surface area contributed by atoms with Crippen LogP contribution in [0.2, 0.25) is 0 Å². The Morgan fingerprint density at radius 2 is 1.86 bits per heavy atom. The van der Waals surface area contributed by atoms with Crippen molar-refractivity contribution in [2.24, 2.45) is 5.92 Å². The quantitative estimate of drug-likeness (QED) is 0.338. The molecule has 0 unspecified atom stereocenters. The van der Waals surface area contributed by atoms with Crippen LogP contribution in [0.25, 0.3) is 0 Å². The van der Waals surface area contributed by atoms with Gasteiger partial charge in [-0.3, -0.25) is 0 Å². The molecule has 0 saturated heterocycles. The van der Waals surface area contributed by atoms with Crippen LogP contribution in [0.4, 0.5) is 0 Å². The molecule has 4 heteroatoms. The van der Waals surface area contributed by atoms with Gasteiger partial charge in [0.05, 0.1) is 0 Å². The first-order chi connectivity index (χ1) is 13.6. The summed E-state index contributed by atoms with van der Waals surface area (Å²) in [6, 6.07) is 2.09. The van der Waals surface area contributed by atoms with Gasteiger partial charge in [0, 0.05) is 31.2 Å². The monoisotopic (exact) mass is 398 g/mol. The van der Waals surface area contributed by atoms with E-state index >= 15 is 0 Å². The molecule has 0 N–H and O–H groups in total. The molecule has 2 heterocycles. The van der Waals surface area contributed by atoms with E-state index in [0.717, 1.165) is 55.4 Å². The van der Waals surface area contributed by atoms with Gasteiger partial charge in [-0.25, -0.2) is 4.79 Å². The molecule has 0 aromatic heterocycles. The van der Waals surface area contributed by atoms with Crippen molar-refractivity contribution in [3.8, 4) is 11.5 Å². The second kappa shape index (κ2) is 7.07. The van der Waals surface area contributed by atoms with Crippen molar-refractivity contribution < 1.29 is 19.0 Å². The van der Waals surface area contributed by atoms with Crippen molar-refractivity contribution in [1.82, 2.24) is 0 Å². The predicted octanol–water partition coefficient (Wildman–Crippen LogP) is 6.32. The Labute approximate surface area is 174 Å². The maximum Gasteiger partial charge on any atom is 0.345 e. The summed E-state index contributed by atoms with van der Waals surface area (Å²) in [5.41, 5.74) is 3.77. The van der Waals surface area contributed by atoms with E-state index in [1.807, 2.05) is 0 Å². The summed E-state index contributed by atoms with van der Waals surface area (Å²) in [6.07, 6.45) is 8.67. The van der Waals surface area contributed by atoms with Crippen LogP contribution < -0.4 is 9.47 Å². The van der Waals surface area contributed by atoms with Gasteiger partial charge in [0.15, 0.2) is 0 Å². The third-order valence-electron chi connectivity index (χ3n) is 6.65. The second-order valence-electron chi connectivity index (χ2n) is 9.89. The van der Waals surface area contributed by atoms with Gasteiger partial charge in [-0.05, 0) is 58.1 Å². The highest BCUT2D eigenvalue weighted by Gasteiger charge is 2.48. The minimum Gasteiger partial charge on any atom is -0.487 e. The second-order valence-corrected chi connectivity index (χ2v) is 9.89. The highest BCUT2D eigenvalue weighted by atomic mass is 16.7. The first kappa shape index (κ1) is 20.3. The molecule has 4 rings (SSSR count). The van der Waals surface area contributed by atoms with Crippen molar-refractivity contribution in [2.75, 3.05) is 0 Å². The van der Waals surface area contributed by atoms with E-state index in [1.54, 1.807) is 13.8 Å². The maximum absolute atomic E-state index is 13.0. The molecule has 0 amide bonds. The number of hydrogen-bond acceptors (Lipinski definition) is 4. The van der Waals surface area contributed by atoms with Crippen LogP contribution >= 0.6 is 0 Å². The van der Waals surface area contributed by atoms with Crippen molar-refractivity contribution in [2.45, 2.75) is 97.4 Å². The van der Waals surface area contributed by atoms with E-state index in [0.29, 0.717) is 17.2 Å². The van der Waals surface area contributed by atoms with Gasteiger partial charge < -0.3 is 14.2 Å². The maximum atomic E-state index is 13.0. The minimum absolute atomic E-state index is 0.197. The number of carbonyl (C=O) groups excluding carboxylic acids is 1. The van der Waals surface area contributed by atoms with Crippen LogP contribution in [0.3, 0.4) is 0 Å². The third-order valence-corrected chi connectivity index (χ3v) is 6.65. The van der Waals surface area contributed by atoms with Gasteiger partial charge in [-0.1, -0.05) is 31.4 Å². The summed E-state index contributed by atoms with van der Waals surface area (Å²) >= 11 is 0. The number of esters is 1. The summed E-state index contributed by atoms with van der Waals surface area (Å²) in [4.78, 5) is 13.0. The first-order valence-electron chi connectivity index (χ1n) is 11.1. The molecule has 4 nitrogen and oxygen atoms in total. The van der Waals surface area contributed by atoms with E-state index in [4.69, 9.17) is 14.2 Å². The van der Waals surface area contributed by atoms with Crippen LogP contribution in [0.1, 0.15) is 101 Å². The molecule has 3 aliphatic rings. The molecular formula is C25H34O4. The number of unbranched alkanes of at least 4 members (excludes halogenated alkanes) is 2. The Morgan fingerprint density at radius 1 is 1.10 bits per heavy atom. The van der Waals surface area contributed by atoms with Crippen molar-refractivity contribution in [3.05, 3.63) is 34.4 Å². The highest BCUT2D eigenvalue weighted by Crippen LogP contribution is 2.56. The Bertz CT molecular complexity index is 862. The summed E-state index contributed by atoms with van der Waals surface area (Å²) in [5.74, 6) is 0.865. The largest absolute Gasteiger partial charge is 0.487 e. The lowest BCUT2D eigenvalue weighted by atomic mass is 9.67. The molecule has 1 aromatic rings. The smallest absolute Gasteiger partial charge is 0.345 e. The summed E-state index contributed by atoms with van der Waals surface area (Å²) in [5, 5.41) is 0. The first-order valence-corrected chi connectivity index (χ1v) is 11.1. The van der Waals surface area contributed by atoms with Crippen LogP contribution in [-0.4, -0.2) is 17.4 Å². The van der Waals surface area contributed by atoms with Crippen molar-refractivity contribution >= 4 is 5.97 Å². The molecule has 0 saturated carbocycles. The average Bonchev–Trinajstić information content (AvgIpc) is 2.59. The molecule has 0 bridgehead atoms. The number of ether oxygens (including phenoxy) is 3. The fraction of sp³-hybridized carbons (Fsp3) is 0.640. The zero-order valence-corrected chi connectivity index (χ0v) is 18.7. The number of allylic oxidation sites excluding steroid dienone is 2. The van der Waals surface area contributed by atoms with Gasteiger partial charge in [-0.15, -0.1) is 0 Å². The number of benzene rings is 1. The molecule has 0 fully saturated rings. The van der Waals surface area contributed by atoms with Gasteiger partial charge in [-0.2, -0.15) is 0 Å². The van der Waals surface area contributed by atoms with E-state index < -0.39 is 5.79 Å². The van der Waals surface area contributed by atoms with Gasteiger partial charge in [0.2, 0.25) is 5.79 Å². The Kier molecular flexibility index (Phi) is 4.95. The molecule has 2 atom stereocenters. The lowest BCUT2D eigenvalue weighted by molar-refractivity contribution is -0.128. The molecular weight excluding hydrogens is 364 g/mol. The zero-order valence-electron chi connectivity index (χ0n) is 18.7. The predicted molar refractivity (Wildman–Crippen MR) is 114 cm³/mol. The summed E-state index contributed by atoms with van der Waals surface area (Å²) < 4.78 is 18.5. The fourth-order valence-electron chi connectivity index (χ4n) is 5.23. The summed E-state index contributed by atoms with van der Waals surface area (Å²) in [7, 11) is 0. The van der Waals surface area contributed by atoms with Gasteiger partial charge in [0.1, 0.15) is 22.7 Å². The topological polar surface area (TPSA) is 44.8 Å². The minimum atomic E-state index is -0.976. The molecule has 1 aromatic carbocycles. The standard InChI is InChI=1S/C25H34O4/c1-7-8-9-10-16-14-19-21(22-20(16)23(26)29-25(5,6)28-22)17-13-15(2)11-12-18(17)24(3,4)27-19/h13-14,17-18H,7-12H2,1-6H3/t17-,18-/m1/s1. The Hall–Kier alpha value is -1.97. The number of aryl methyl sites for hydroxylation is 1. The van der Waals surface area contributed by atoms with Crippen molar-refractivity contribution in [1.29, 1.82) is 0 Å². The molecule has 29 heavy (non-hydrogen) atoms. The van der Waals surface area contributed by atoms with Gasteiger partial charge in [0.25, 0.3) is 0 Å². The van der Waals surface area contributed by atoms with Crippen LogP contribution in [0.15, 0.2) is 17.7 Å². The number of carbonyl (C=O) groups is 1. The van der Waals surface area contributed by atoms with Crippen LogP contribution in [-0.2, 0) is 11.2 Å². The number of fused-ring (bicyclic) bond motifs is 5. The molecule has 158 valence electrons. The van der Waals surface area contributed by atoms with E-state index in [-0.39, 0.29) is 17.5 Å². The number of cyclic esters (lactones) is 1. The van der Waals surface area contributed by atoms with E-state index in [1.165, 1.54) is 5.57 Å². The van der Waals surface area contributed by atoms with E-state index in [9.17, 15) is 4.79 Å². The van der Waals surface area contributed by atoms with E-state index in [2.05, 4.69) is 39.8 Å². The Morgan fingerprint density at radius 3 is 2.59 bits per heavy atom.